The molecule has 2 aromatic rings. The van der Waals surface area contributed by atoms with Gasteiger partial charge >= 0.3 is 0 Å². The SMILES string of the molecule is Cc1ccc(S(=O)(=O)N(C)CC(=O)Nc2ccc(C)c(N3CCCC3=O)c2)cc1. The maximum Gasteiger partial charge on any atom is 0.243 e. The summed E-state index contributed by atoms with van der Waals surface area (Å²) in [4.78, 5) is 26.3. The van der Waals surface area contributed by atoms with Crippen molar-refractivity contribution in [2.24, 2.45) is 0 Å². The van der Waals surface area contributed by atoms with E-state index in [2.05, 4.69) is 5.32 Å². The molecule has 1 aliphatic rings. The second-order valence-corrected chi connectivity index (χ2v) is 9.32. The number of anilines is 2. The Balaban J connectivity index is 1.70. The fourth-order valence-corrected chi connectivity index (χ4v) is 4.39. The second-order valence-electron chi connectivity index (χ2n) is 7.27. The van der Waals surface area contributed by atoms with E-state index in [-0.39, 0.29) is 17.3 Å². The van der Waals surface area contributed by atoms with Gasteiger partial charge in [0, 0.05) is 31.4 Å². The van der Waals surface area contributed by atoms with Crippen LogP contribution in [0.3, 0.4) is 0 Å². The van der Waals surface area contributed by atoms with Crippen molar-refractivity contribution in [3.63, 3.8) is 0 Å². The number of carbonyl (C=O) groups is 2. The molecular weight excluding hydrogens is 390 g/mol. The summed E-state index contributed by atoms with van der Waals surface area (Å²) in [6.07, 6.45) is 1.34. The molecule has 3 rings (SSSR count). The van der Waals surface area contributed by atoms with Crippen molar-refractivity contribution in [1.29, 1.82) is 0 Å². The van der Waals surface area contributed by atoms with Crippen LogP contribution in [-0.4, -0.2) is 44.7 Å². The molecule has 0 atom stereocenters. The highest BCUT2D eigenvalue weighted by molar-refractivity contribution is 7.89. The topological polar surface area (TPSA) is 86.8 Å². The molecule has 2 aromatic carbocycles. The summed E-state index contributed by atoms with van der Waals surface area (Å²) < 4.78 is 26.3. The number of hydrogen-bond donors (Lipinski definition) is 1. The largest absolute Gasteiger partial charge is 0.325 e. The van der Waals surface area contributed by atoms with Crippen LogP contribution in [0.25, 0.3) is 0 Å². The van der Waals surface area contributed by atoms with Crippen molar-refractivity contribution in [1.82, 2.24) is 4.31 Å². The van der Waals surface area contributed by atoms with Crippen LogP contribution in [0.5, 0.6) is 0 Å². The van der Waals surface area contributed by atoms with Gasteiger partial charge in [0.1, 0.15) is 0 Å². The molecule has 154 valence electrons. The molecule has 0 saturated carbocycles. The summed E-state index contributed by atoms with van der Waals surface area (Å²) in [6.45, 7) is 4.13. The number of nitrogens with zero attached hydrogens (tertiary/aromatic N) is 2. The third-order valence-corrected chi connectivity index (χ3v) is 6.77. The molecule has 1 fully saturated rings. The molecule has 0 bridgehead atoms. The van der Waals surface area contributed by atoms with Gasteiger partial charge in [0.05, 0.1) is 11.4 Å². The van der Waals surface area contributed by atoms with Crippen molar-refractivity contribution in [3.05, 3.63) is 53.6 Å². The first-order valence-corrected chi connectivity index (χ1v) is 10.9. The standard InChI is InChI=1S/C21H25N3O4S/c1-15-6-10-18(11-7-15)29(27,28)23(3)14-20(25)22-17-9-8-16(2)19(13-17)24-12-4-5-21(24)26/h6-11,13H,4-5,12,14H2,1-3H3,(H,22,25). The van der Waals surface area contributed by atoms with Crippen LogP contribution in [0.2, 0.25) is 0 Å². The van der Waals surface area contributed by atoms with Crippen LogP contribution in [0.1, 0.15) is 24.0 Å². The van der Waals surface area contributed by atoms with Gasteiger partial charge in [-0.25, -0.2) is 8.42 Å². The summed E-state index contributed by atoms with van der Waals surface area (Å²) in [7, 11) is -2.39. The van der Waals surface area contributed by atoms with Gasteiger partial charge in [-0.3, -0.25) is 9.59 Å². The van der Waals surface area contributed by atoms with E-state index in [1.807, 2.05) is 19.9 Å². The number of aryl methyl sites for hydroxylation is 2. The minimum Gasteiger partial charge on any atom is -0.325 e. The van der Waals surface area contributed by atoms with Crippen LogP contribution < -0.4 is 10.2 Å². The first-order chi connectivity index (χ1) is 13.7. The monoisotopic (exact) mass is 415 g/mol. The fraction of sp³-hybridized carbons (Fsp3) is 0.333. The summed E-state index contributed by atoms with van der Waals surface area (Å²) in [5, 5.41) is 2.73. The van der Waals surface area contributed by atoms with Gasteiger partial charge in [-0.2, -0.15) is 4.31 Å². The van der Waals surface area contributed by atoms with E-state index in [0.717, 1.165) is 27.5 Å². The van der Waals surface area contributed by atoms with Crippen LogP contribution >= 0.6 is 0 Å². The van der Waals surface area contributed by atoms with Crippen molar-refractivity contribution < 1.29 is 18.0 Å². The Bertz CT molecular complexity index is 1030. The smallest absolute Gasteiger partial charge is 0.243 e. The molecule has 0 radical (unpaired) electrons. The number of likely N-dealkylation sites (N-methyl/N-ethyl adjacent to an activating group) is 1. The highest BCUT2D eigenvalue weighted by atomic mass is 32.2. The number of carbonyl (C=O) groups excluding carboxylic acids is 2. The number of rotatable bonds is 6. The molecule has 29 heavy (non-hydrogen) atoms. The Labute approximate surface area is 171 Å². The van der Waals surface area contributed by atoms with Crippen molar-refractivity contribution in [2.75, 3.05) is 30.4 Å². The number of hydrogen-bond acceptors (Lipinski definition) is 4. The molecule has 8 heteroatoms. The molecule has 2 amide bonds. The van der Waals surface area contributed by atoms with Gasteiger partial charge in [0.15, 0.2) is 0 Å². The number of nitrogens with one attached hydrogen (secondary N) is 1. The summed E-state index contributed by atoms with van der Waals surface area (Å²) in [5.74, 6) is -0.383. The van der Waals surface area contributed by atoms with Crippen LogP contribution in [-0.2, 0) is 19.6 Å². The molecule has 1 saturated heterocycles. The Morgan fingerprint density at radius 3 is 2.45 bits per heavy atom. The maximum atomic E-state index is 12.6. The van der Waals surface area contributed by atoms with Crippen molar-refractivity contribution in [2.45, 2.75) is 31.6 Å². The second kappa shape index (κ2) is 8.34. The van der Waals surface area contributed by atoms with Gasteiger partial charge in [-0.1, -0.05) is 23.8 Å². The zero-order chi connectivity index (χ0) is 21.2. The molecule has 0 unspecified atom stereocenters. The Hall–Kier alpha value is -2.71. The number of benzene rings is 2. The van der Waals surface area contributed by atoms with Crippen LogP contribution in [0.15, 0.2) is 47.4 Å². The van der Waals surface area contributed by atoms with Crippen molar-refractivity contribution >= 4 is 33.2 Å². The molecule has 7 nitrogen and oxygen atoms in total. The molecule has 1 aliphatic heterocycles. The normalized spacial score (nSPS) is 14.5. The van der Waals surface area contributed by atoms with E-state index in [0.29, 0.717) is 18.7 Å². The first kappa shape index (κ1) is 21.0. The van der Waals surface area contributed by atoms with E-state index in [9.17, 15) is 18.0 Å². The van der Waals surface area contributed by atoms with E-state index in [1.165, 1.54) is 19.2 Å². The van der Waals surface area contributed by atoms with Gasteiger partial charge < -0.3 is 10.2 Å². The van der Waals surface area contributed by atoms with Gasteiger partial charge in [-0.05, 0) is 50.1 Å². The Morgan fingerprint density at radius 2 is 1.83 bits per heavy atom. The summed E-state index contributed by atoms with van der Waals surface area (Å²) in [5.41, 5.74) is 3.19. The van der Waals surface area contributed by atoms with E-state index >= 15 is 0 Å². The lowest BCUT2D eigenvalue weighted by atomic mass is 10.1. The molecule has 1 N–H and O–H groups in total. The van der Waals surface area contributed by atoms with Gasteiger partial charge in [0.2, 0.25) is 21.8 Å². The van der Waals surface area contributed by atoms with E-state index in [4.69, 9.17) is 0 Å². The average molecular weight is 416 g/mol. The zero-order valence-corrected chi connectivity index (χ0v) is 17.6. The maximum absolute atomic E-state index is 12.6. The van der Waals surface area contributed by atoms with Crippen LogP contribution in [0, 0.1) is 13.8 Å². The molecule has 0 aliphatic carbocycles. The lowest BCUT2D eigenvalue weighted by Crippen LogP contribution is -2.35. The third kappa shape index (κ3) is 4.65. The Morgan fingerprint density at radius 1 is 1.14 bits per heavy atom. The highest BCUT2D eigenvalue weighted by Gasteiger charge is 2.25. The average Bonchev–Trinajstić information content (AvgIpc) is 3.09. The minimum atomic E-state index is -3.76. The van der Waals surface area contributed by atoms with E-state index in [1.54, 1.807) is 29.2 Å². The molecule has 0 spiro atoms. The molecule has 1 heterocycles. The summed E-state index contributed by atoms with van der Waals surface area (Å²) in [6, 6.07) is 11.8. The Kier molecular flexibility index (Phi) is 6.04. The predicted octanol–water partition coefficient (Wildman–Crippen LogP) is 2.69. The van der Waals surface area contributed by atoms with E-state index < -0.39 is 15.9 Å². The lowest BCUT2D eigenvalue weighted by molar-refractivity contribution is -0.117. The quantitative estimate of drug-likeness (QED) is 0.786. The van der Waals surface area contributed by atoms with Gasteiger partial charge in [-0.15, -0.1) is 0 Å². The zero-order valence-electron chi connectivity index (χ0n) is 16.8. The van der Waals surface area contributed by atoms with Crippen molar-refractivity contribution in [3.8, 4) is 0 Å². The van der Waals surface area contributed by atoms with Crippen LogP contribution in [0.4, 0.5) is 11.4 Å². The fourth-order valence-electron chi connectivity index (χ4n) is 3.26. The van der Waals surface area contributed by atoms with Gasteiger partial charge in [0.25, 0.3) is 0 Å². The molecular formula is C21H25N3O4S. The minimum absolute atomic E-state index is 0.0699. The number of amides is 2. The molecule has 0 aromatic heterocycles. The highest BCUT2D eigenvalue weighted by Crippen LogP contribution is 2.28. The lowest BCUT2D eigenvalue weighted by Gasteiger charge is -2.20. The third-order valence-electron chi connectivity index (χ3n) is 4.95. The number of sulfonamides is 1. The first-order valence-electron chi connectivity index (χ1n) is 9.42. The predicted molar refractivity (Wildman–Crippen MR) is 112 cm³/mol. The summed E-state index contributed by atoms with van der Waals surface area (Å²) >= 11 is 0.